The molecule has 1 heterocycles. The molecule has 0 aromatic carbocycles. The van der Waals surface area contributed by atoms with Crippen molar-refractivity contribution in [1.29, 1.82) is 5.26 Å². The van der Waals surface area contributed by atoms with Gasteiger partial charge in [0.2, 0.25) is 0 Å². The fourth-order valence-corrected chi connectivity index (χ4v) is 1.55. The smallest absolute Gasteiger partial charge is 0.407 e. The molecule has 0 aliphatic carbocycles. The third-order valence-electron chi connectivity index (χ3n) is 2.53. The molecule has 1 aromatic heterocycles. The summed E-state index contributed by atoms with van der Waals surface area (Å²) >= 11 is 0. The Morgan fingerprint density at radius 3 is 2.71 bits per heavy atom. The van der Waals surface area contributed by atoms with Gasteiger partial charge in [-0.15, -0.1) is 0 Å². The number of nitrogens with one attached hydrogen (secondary N) is 2. The van der Waals surface area contributed by atoms with Gasteiger partial charge in [0.1, 0.15) is 23.2 Å². The van der Waals surface area contributed by atoms with Gasteiger partial charge in [0.25, 0.3) is 0 Å². The zero-order valence-electron chi connectivity index (χ0n) is 13.0. The zero-order valence-corrected chi connectivity index (χ0v) is 13.0. The highest BCUT2D eigenvalue weighted by atomic mass is 16.6. The van der Waals surface area contributed by atoms with E-state index in [1.165, 1.54) is 0 Å². The summed E-state index contributed by atoms with van der Waals surface area (Å²) in [6.07, 6.45) is 0.319. The molecule has 0 atom stereocenters. The number of carbonyl (C=O) groups is 1. The van der Waals surface area contributed by atoms with E-state index < -0.39 is 11.7 Å². The summed E-state index contributed by atoms with van der Waals surface area (Å²) in [6.45, 7) is 8.48. The molecule has 0 fully saturated rings. The zero-order chi connectivity index (χ0) is 15.9. The second-order valence-electron chi connectivity index (χ2n) is 5.68. The molecule has 2 N–H and O–H groups in total. The topological polar surface area (TPSA) is 87.0 Å². The van der Waals surface area contributed by atoms with Crippen LogP contribution in [0, 0.1) is 18.3 Å². The van der Waals surface area contributed by atoms with Gasteiger partial charge in [0.15, 0.2) is 0 Å². The minimum atomic E-state index is -0.484. The van der Waals surface area contributed by atoms with E-state index in [0.717, 1.165) is 12.0 Å². The van der Waals surface area contributed by atoms with Gasteiger partial charge in [-0.2, -0.15) is 5.26 Å². The van der Waals surface area contributed by atoms with Crippen LogP contribution in [-0.2, 0) is 4.74 Å². The number of aryl methyl sites for hydroxylation is 1. The number of pyridine rings is 1. The number of nitriles is 1. The Hall–Kier alpha value is -2.29. The van der Waals surface area contributed by atoms with Gasteiger partial charge < -0.3 is 15.4 Å². The third kappa shape index (κ3) is 6.61. The van der Waals surface area contributed by atoms with Crippen molar-refractivity contribution in [2.45, 2.75) is 39.7 Å². The predicted molar refractivity (Wildman–Crippen MR) is 81.0 cm³/mol. The number of amides is 1. The first-order valence-corrected chi connectivity index (χ1v) is 6.90. The summed E-state index contributed by atoms with van der Waals surface area (Å²) in [5.74, 6) is 0.661. The van der Waals surface area contributed by atoms with Crippen LogP contribution in [0.4, 0.5) is 10.6 Å². The monoisotopic (exact) mass is 290 g/mol. The number of ether oxygens (including phenoxy) is 1. The van der Waals surface area contributed by atoms with Gasteiger partial charge in [-0.1, -0.05) is 6.07 Å². The first-order chi connectivity index (χ1) is 9.81. The first-order valence-electron chi connectivity index (χ1n) is 6.90. The van der Waals surface area contributed by atoms with Crippen molar-refractivity contribution in [2.75, 3.05) is 18.4 Å². The largest absolute Gasteiger partial charge is 0.444 e. The van der Waals surface area contributed by atoms with Crippen LogP contribution >= 0.6 is 0 Å². The van der Waals surface area contributed by atoms with Crippen LogP contribution in [0.15, 0.2) is 12.1 Å². The van der Waals surface area contributed by atoms with Gasteiger partial charge >= 0.3 is 6.09 Å². The Bertz CT molecular complexity index is 529. The molecule has 0 bridgehead atoms. The van der Waals surface area contributed by atoms with Gasteiger partial charge in [0, 0.05) is 13.1 Å². The van der Waals surface area contributed by atoms with E-state index in [-0.39, 0.29) is 0 Å². The molecule has 0 saturated carbocycles. The van der Waals surface area contributed by atoms with Crippen molar-refractivity contribution in [3.05, 3.63) is 23.4 Å². The minimum absolute atomic E-state index is 0.414. The molecule has 0 unspecified atom stereocenters. The Morgan fingerprint density at radius 1 is 1.38 bits per heavy atom. The number of anilines is 1. The average molecular weight is 290 g/mol. The number of hydrogen-bond acceptors (Lipinski definition) is 5. The fourth-order valence-electron chi connectivity index (χ4n) is 1.55. The van der Waals surface area contributed by atoms with Crippen molar-refractivity contribution < 1.29 is 9.53 Å². The molecule has 0 aliphatic rings. The molecule has 0 aliphatic heterocycles. The van der Waals surface area contributed by atoms with Crippen LogP contribution in [-0.4, -0.2) is 29.8 Å². The first kappa shape index (κ1) is 16.8. The lowest BCUT2D eigenvalue weighted by atomic mass is 10.2. The molecular weight excluding hydrogens is 268 g/mol. The number of aromatic nitrogens is 1. The van der Waals surface area contributed by atoms with E-state index in [4.69, 9.17) is 10.00 Å². The van der Waals surface area contributed by atoms with Gasteiger partial charge in [-0.05, 0) is 45.7 Å². The molecule has 0 saturated heterocycles. The van der Waals surface area contributed by atoms with Crippen LogP contribution in [0.5, 0.6) is 0 Å². The SMILES string of the molecule is Cc1ccc(NCCCNC(=O)OC(C)(C)C)nc1C#N. The predicted octanol–water partition coefficient (Wildman–Crippen LogP) is 2.59. The van der Waals surface area contributed by atoms with Crippen LogP contribution < -0.4 is 10.6 Å². The summed E-state index contributed by atoms with van der Waals surface area (Å²) in [5, 5.41) is 14.7. The summed E-state index contributed by atoms with van der Waals surface area (Å²) < 4.78 is 5.13. The van der Waals surface area contributed by atoms with Crippen LogP contribution in [0.3, 0.4) is 0 Å². The van der Waals surface area contributed by atoms with Crippen LogP contribution in [0.25, 0.3) is 0 Å². The standard InChI is InChI=1S/C15H22N4O2/c1-11-6-7-13(19-12(11)10-16)17-8-5-9-18-14(20)21-15(2,3)4/h6-7H,5,8-9H2,1-4H3,(H,17,19)(H,18,20). The van der Waals surface area contributed by atoms with E-state index in [1.807, 2.05) is 45.9 Å². The molecule has 0 radical (unpaired) electrons. The quantitative estimate of drug-likeness (QED) is 0.814. The Balaban J connectivity index is 2.26. The van der Waals surface area contributed by atoms with Crippen molar-refractivity contribution >= 4 is 11.9 Å². The molecular formula is C15H22N4O2. The normalized spacial score (nSPS) is 10.6. The minimum Gasteiger partial charge on any atom is -0.444 e. The van der Waals surface area contributed by atoms with Crippen molar-refractivity contribution in [3.8, 4) is 6.07 Å². The van der Waals surface area contributed by atoms with E-state index in [9.17, 15) is 4.79 Å². The van der Waals surface area contributed by atoms with Crippen LogP contribution in [0.1, 0.15) is 38.4 Å². The van der Waals surface area contributed by atoms with E-state index in [0.29, 0.717) is 24.6 Å². The van der Waals surface area contributed by atoms with Crippen molar-refractivity contribution in [3.63, 3.8) is 0 Å². The highest BCUT2D eigenvalue weighted by molar-refractivity contribution is 5.67. The molecule has 21 heavy (non-hydrogen) atoms. The fraction of sp³-hybridized carbons (Fsp3) is 0.533. The summed E-state index contributed by atoms with van der Waals surface area (Å²) in [7, 11) is 0. The second-order valence-corrected chi connectivity index (χ2v) is 5.68. The number of hydrogen-bond donors (Lipinski definition) is 2. The Kier molecular flexibility index (Phi) is 5.97. The number of nitrogens with zero attached hydrogens (tertiary/aromatic N) is 2. The lowest BCUT2D eigenvalue weighted by molar-refractivity contribution is 0.0528. The van der Waals surface area contributed by atoms with Crippen molar-refractivity contribution in [2.24, 2.45) is 0 Å². The van der Waals surface area contributed by atoms with E-state index in [1.54, 1.807) is 0 Å². The molecule has 6 nitrogen and oxygen atoms in total. The summed E-state index contributed by atoms with van der Waals surface area (Å²) in [5.41, 5.74) is 0.795. The lowest BCUT2D eigenvalue weighted by Gasteiger charge is -2.19. The van der Waals surface area contributed by atoms with E-state index in [2.05, 4.69) is 15.6 Å². The Labute approximate surface area is 125 Å². The molecule has 114 valence electrons. The molecule has 1 aromatic rings. The summed E-state index contributed by atoms with van der Waals surface area (Å²) in [6, 6.07) is 5.73. The second kappa shape index (κ2) is 7.48. The number of alkyl carbamates (subject to hydrolysis) is 1. The maximum Gasteiger partial charge on any atom is 0.407 e. The number of rotatable bonds is 5. The van der Waals surface area contributed by atoms with Gasteiger partial charge in [0.05, 0.1) is 0 Å². The molecule has 1 rings (SSSR count). The average Bonchev–Trinajstić information content (AvgIpc) is 2.38. The maximum absolute atomic E-state index is 11.4. The Morgan fingerprint density at radius 2 is 2.10 bits per heavy atom. The number of carbonyl (C=O) groups excluding carboxylic acids is 1. The van der Waals surface area contributed by atoms with Gasteiger partial charge in [-0.3, -0.25) is 0 Å². The maximum atomic E-state index is 11.4. The van der Waals surface area contributed by atoms with E-state index >= 15 is 0 Å². The summed E-state index contributed by atoms with van der Waals surface area (Å²) in [4.78, 5) is 15.6. The van der Waals surface area contributed by atoms with Gasteiger partial charge in [-0.25, -0.2) is 9.78 Å². The highest BCUT2D eigenvalue weighted by Gasteiger charge is 2.15. The molecule has 6 heteroatoms. The highest BCUT2D eigenvalue weighted by Crippen LogP contribution is 2.09. The lowest BCUT2D eigenvalue weighted by Crippen LogP contribution is -2.33. The molecule has 0 spiro atoms. The molecule has 1 amide bonds. The third-order valence-corrected chi connectivity index (χ3v) is 2.53. The van der Waals surface area contributed by atoms with Crippen molar-refractivity contribution in [1.82, 2.24) is 10.3 Å². The van der Waals surface area contributed by atoms with Crippen LogP contribution in [0.2, 0.25) is 0 Å².